The molecular weight excluding hydrogens is 204 g/mol. The lowest BCUT2D eigenvalue weighted by Crippen LogP contribution is -2.12. The molecule has 1 aromatic rings. The highest BCUT2D eigenvalue weighted by molar-refractivity contribution is 7.11. The van der Waals surface area contributed by atoms with Crippen LogP contribution in [0.5, 0.6) is 0 Å². The van der Waals surface area contributed by atoms with Crippen molar-refractivity contribution in [1.82, 2.24) is 4.98 Å². The van der Waals surface area contributed by atoms with Gasteiger partial charge in [0.05, 0.1) is 10.7 Å². The lowest BCUT2D eigenvalue weighted by molar-refractivity contribution is 0.418. The summed E-state index contributed by atoms with van der Waals surface area (Å²) in [5.41, 5.74) is 6.90. The van der Waals surface area contributed by atoms with Gasteiger partial charge in [-0.25, -0.2) is 4.98 Å². The molecule has 0 amide bonds. The Morgan fingerprint density at radius 1 is 1.53 bits per heavy atom. The molecule has 1 unspecified atom stereocenters. The minimum Gasteiger partial charge on any atom is -0.330 e. The first-order valence-electron chi connectivity index (χ1n) is 5.87. The van der Waals surface area contributed by atoms with E-state index in [0.29, 0.717) is 5.92 Å². The zero-order valence-electron chi connectivity index (χ0n) is 9.62. The van der Waals surface area contributed by atoms with E-state index in [1.54, 1.807) is 0 Å². The molecule has 0 aromatic carbocycles. The molecule has 0 bridgehead atoms. The van der Waals surface area contributed by atoms with Crippen LogP contribution in [0.25, 0.3) is 0 Å². The van der Waals surface area contributed by atoms with E-state index >= 15 is 0 Å². The van der Waals surface area contributed by atoms with Crippen LogP contribution in [0.1, 0.15) is 47.7 Å². The number of hydrogen-bond donors (Lipinski definition) is 1. The van der Waals surface area contributed by atoms with Crippen molar-refractivity contribution in [2.45, 2.75) is 45.4 Å². The smallest absolute Gasteiger partial charge is 0.0961 e. The summed E-state index contributed by atoms with van der Waals surface area (Å²) in [6.07, 6.45) is 5.18. The van der Waals surface area contributed by atoms with E-state index < -0.39 is 0 Å². The SMILES string of the molecule is Cc1nc(C2CCC2)sc1CC(C)CN. The normalized spacial score (nSPS) is 18.9. The van der Waals surface area contributed by atoms with E-state index in [1.807, 2.05) is 11.3 Å². The topological polar surface area (TPSA) is 38.9 Å². The highest BCUT2D eigenvalue weighted by Crippen LogP contribution is 2.39. The fraction of sp³-hybridized carbons (Fsp3) is 0.750. The number of nitrogens with zero attached hydrogens (tertiary/aromatic N) is 1. The Balaban J connectivity index is 2.07. The zero-order chi connectivity index (χ0) is 10.8. The number of nitrogens with two attached hydrogens (primary N) is 1. The van der Waals surface area contributed by atoms with E-state index in [2.05, 4.69) is 13.8 Å². The van der Waals surface area contributed by atoms with Gasteiger partial charge in [-0.05, 0) is 38.6 Å². The first-order valence-corrected chi connectivity index (χ1v) is 6.68. The molecule has 1 fully saturated rings. The van der Waals surface area contributed by atoms with Crippen molar-refractivity contribution in [3.05, 3.63) is 15.6 Å². The summed E-state index contributed by atoms with van der Waals surface area (Å²) in [5.74, 6) is 1.36. The Morgan fingerprint density at radius 3 is 2.80 bits per heavy atom. The molecule has 1 heterocycles. The van der Waals surface area contributed by atoms with Gasteiger partial charge in [0.25, 0.3) is 0 Å². The maximum atomic E-state index is 5.66. The third kappa shape index (κ3) is 2.40. The molecule has 1 aliphatic carbocycles. The predicted molar refractivity (Wildman–Crippen MR) is 65.4 cm³/mol. The minimum atomic E-state index is 0.582. The lowest BCUT2D eigenvalue weighted by Gasteiger charge is -2.22. The van der Waals surface area contributed by atoms with Crippen LogP contribution >= 0.6 is 11.3 Å². The van der Waals surface area contributed by atoms with Crippen LogP contribution in [0.2, 0.25) is 0 Å². The van der Waals surface area contributed by atoms with Crippen LogP contribution in [0.3, 0.4) is 0 Å². The van der Waals surface area contributed by atoms with Gasteiger partial charge in [0.1, 0.15) is 0 Å². The number of thiazole rings is 1. The summed E-state index contributed by atoms with van der Waals surface area (Å²) >= 11 is 1.92. The molecule has 2 N–H and O–H groups in total. The quantitative estimate of drug-likeness (QED) is 0.854. The maximum absolute atomic E-state index is 5.66. The summed E-state index contributed by atoms with van der Waals surface area (Å²) in [5, 5.41) is 1.37. The highest BCUT2D eigenvalue weighted by Gasteiger charge is 2.23. The van der Waals surface area contributed by atoms with Crippen LogP contribution in [0, 0.1) is 12.8 Å². The Labute approximate surface area is 95.9 Å². The van der Waals surface area contributed by atoms with E-state index in [1.165, 1.54) is 34.8 Å². The molecule has 3 heteroatoms. The molecule has 0 radical (unpaired) electrons. The summed E-state index contributed by atoms with van der Waals surface area (Å²) < 4.78 is 0. The standard InChI is InChI=1S/C12H20N2S/c1-8(7-13)6-11-9(2)14-12(15-11)10-4-3-5-10/h8,10H,3-7,13H2,1-2H3. The van der Waals surface area contributed by atoms with Crippen molar-refractivity contribution in [3.8, 4) is 0 Å². The summed E-state index contributed by atoms with van der Waals surface area (Å²) in [4.78, 5) is 6.15. The number of hydrogen-bond acceptors (Lipinski definition) is 3. The Bertz CT molecular complexity index is 328. The van der Waals surface area contributed by atoms with Crippen LogP contribution in [-0.4, -0.2) is 11.5 Å². The molecular formula is C12H20N2S. The van der Waals surface area contributed by atoms with Gasteiger partial charge in [-0.1, -0.05) is 13.3 Å². The van der Waals surface area contributed by atoms with Gasteiger partial charge in [0.15, 0.2) is 0 Å². The predicted octanol–water partition coefficient (Wildman–Crippen LogP) is 2.86. The summed E-state index contributed by atoms with van der Waals surface area (Å²) in [7, 11) is 0. The van der Waals surface area contributed by atoms with E-state index in [-0.39, 0.29) is 0 Å². The summed E-state index contributed by atoms with van der Waals surface area (Å²) in [6.45, 7) is 5.12. The van der Waals surface area contributed by atoms with Crippen molar-refractivity contribution in [2.24, 2.45) is 11.7 Å². The molecule has 1 aromatic heterocycles. The fourth-order valence-corrected chi connectivity index (χ4v) is 3.27. The maximum Gasteiger partial charge on any atom is 0.0961 e. The minimum absolute atomic E-state index is 0.582. The second-order valence-corrected chi connectivity index (χ2v) is 5.85. The number of aryl methyl sites for hydroxylation is 1. The van der Waals surface area contributed by atoms with E-state index in [9.17, 15) is 0 Å². The second-order valence-electron chi connectivity index (χ2n) is 4.73. The molecule has 0 saturated heterocycles. The van der Waals surface area contributed by atoms with Crippen LogP contribution in [-0.2, 0) is 6.42 Å². The molecule has 1 atom stereocenters. The zero-order valence-corrected chi connectivity index (χ0v) is 10.4. The highest BCUT2D eigenvalue weighted by atomic mass is 32.1. The largest absolute Gasteiger partial charge is 0.330 e. The lowest BCUT2D eigenvalue weighted by atomic mass is 9.86. The number of rotatable bonds is 4. The molecule has 1 saturated carbocycles. The van der Waals surface area contributed by atoms with Crippen molar-refractivity contribution in [2.75, 3.05) is 6.54 Å². The third-order valence-corrected chi connectivity index (χ3v) is 4.64. The van der Waals surface area contributed by atoms with E-state index in [0.717, 1.165) is 18.9 Å². The molecule has 2 nitrogen and oxygen atoms in total. The second kappa shape index (κ2) is 4.62. The van der Waals surface area contributed by atoms with Crippen molar-refractivity contribution >= 4 is 11.3 Å². The van der Waals surface area contributed by atoms with Crippen LogP contribution < -0.4 is 5.73 Å². The van der Waals surface area contributed by atoms with Crippen LogP contribution in [0.4, 0.5) is 0 Å². The third-order valence-electron chi connectivity index (χ3n) is 3.30. The monoisotopic (exact) mass is 224 g/mol. The average Bonchev–Trinajstić information content (AvgIpc) is 2.44. The van der Waals surface area contributed by atoms with Gasteiger partial charge in [0, 0.05) is 10.8 Å². The average molecular weight is 224 g/mol. The fourth-order valence-electron chi connectivity index (χ4n) is 1.87. The Kier molecular flexibility index (Phi) is 3.42. The van der Waals surface area contributed by atoms with Gasteiger partial charge in [-0.2, -0.15) is 0 Å². The molecule has 2 rings (SSSR count). The Morgan fingerprint density at radius 2 is 2.27 bits per heavy atom. The molecule has 1 aliphatic rings. The van der Waals surface area contributed by atoms with Crippen molar-refractivity contribution < 1.29 is 0 Å². The first-order chi connectivity index (χ1) is 7.20. The van der Waals surface area contributed by atoms with E-state index in [4.69, 9.17) is 10.7 Å². The van der Waals surface area contributed by atoms with Gasteiger partial charge < -0.3 is 5.73 Å². The van der Waals surface area contributed by atoms with Crippen molar-refractivity contribution in [3.63, 3.8) is 0 Å². The molecule has 0 spiro atoms. The van der Waals surface area contributed by atoms with Gasteiger partial charge in [0.2, 0.25) is 0 Å². The van der Waals surface area contributed by atoms with Crippen LogP contribution in [0.15, 0.2) is 0 Å². The number of aromatic nitrogens is 1. The first kappa shape index (κ1) is 11.1. The molecule has 0 aliphatic heterocycles. The molecule has 84 valence electrons. The van der Waals surface area contributed by atoms with Gasteiger partial charge in [-0.3, -0.25) is 0 Å². The van der Waals surface area contributed by atoms with Gasteiger partial charge >= 0.3 is 0 Å². The Hall–Kier alpha value is -0.410. The molecule has 15 heavy (non-hydrogen) atoms. The summed E-state index contributed by atoms with van der Waals surface area (Å²) in [6, 6.07) is 0. The van der Waals surface area contributed by atoms with Gasteiger partial charge in [-0.15, -0.1) is 11.3 Å². The van der Waals surface area contributed by atoms with Crippen molar-refractivity contribution in [1.29, 1.82) is 0 Å².